The summed E-state index contributed by atoms with van der Waals surface area (Å²) in [6.07, 6.45) is 12.3. The van der Waals surface area contributed by atoms with Crippen molar-refractivity contribution < 1.29 is 9.90 Å². The SMILES string of the molecule is CCC(C)(C)C(/C=C/C(C)=C/C=C/C(C)=C\C(=O)O)=C(C)C. The molecule has 0 aromatic carbocycles. The molecule has 0 unspecified atom stereocenters. The van der Waals surface area contributed by atoms with Gasteiger partial charge in [0.25, 0.3) is 0 Å². The minimum atomic E-state index is -0.919. The van der Waals surface area contributed by atoms with Gasteiger partial charge < -0.3 is 5.11 Å². The van der Waals surface area contributed by atoms with Gasteiger partial charge in [-0.2, -0.15) is 0 Å². The number of aliphatic carboxylic acids is 1. The Balaban J connectivity index is 5.08. The molecule has 0 amide bonds. The second kappa shape index (κ2) is 9.24. The lowest BCUT2D eigenvalue weighted by Gasteiger charge is -2.26. The van der Waals surface area contributed by atoms with E-state index >= 15 is 0 Å². The standard InChI is InChI=1S/C20H30O2/c1-8-20(6,7)18(15(2)3)13-12-16(4)10-9-11-17(5)14-19(21)22/h9-14H,8H2,1-7H3,(H,21,22)/b11-9+,13-12+,16-10+,17-14-. The van der Waals surface area contributed by atoms with Crippen LogP contribution >= 0.6 is 0 Å². The van der Waals surface area contributed by atoms with Crippen LogP contribution in [-0.4, -0.2) is 11.1 Å². The summed E-state index contributed by atoms with van der Waals surface area (Å²) < 4.78 is 0. The zero-order valence-electron chi connectivity index (χ0n) is 15.0. The molecule has 0 aromatic rings. The fraction of sp³-hybridized carbons (Fsp3) is 0.450. The first kappa shape index (κ1) is 20.2. The lowest BCUT2D eigenvalue weighted by molar-refractivity contribution is -0.131. The zero-order valence-corrected chi connectivity index (χ0v) is 15.0. The normalized spacial score (nSPS) is 14.0. The summed E-state index contributed by atoms with van der Waals surface area (Å²) in [7, 11) is 0. The Morgan fingerprint density at radius 1 is 1.00 bits per heavy atom. The molecular formula is C20H30O2. The van der Waals surface area contributed by atoms with Gasteiger partial charge in [0, 0.05) is 6.08 Å². The molecule has 2 heteroatoms. The smallest absolute Gasteiger partial charge is 0.328 e. The van der Waals surface area contributed by atoms with Crippen molar-refractivity contribution in [3.63, 3.8) is 0 Å². The van der Waals surface area contributed by atoms with Crippen LogP contribution < -0.4 is 0 Å². The first-order chi connectivity index (χ1) is 10.1. The molecule has 22 heavy (non-hydrogen) atoms. The summed E-state index contributed by atoms with van der Waals surface area (Å²) in [5, 5.41) is 8.65. The molecule has 0 radical (unpaired) electrons. The summed E-state index contributed by atoms with van der Waals surface area (Å²) in [6, 6.07) is 0. The molecule has 0 aliphatic heterocycles. The van der Waals surface area contributed by atoms with Crippen LogP contribution in [0.4, 0.5) is 0 Å². The molecule has 0 saturated heterocycles. The van der Waals surface area contributed by atoms with E-state index in [1.165, 1.54) is 17.2 Å². The van der Waals surface area contributed by atoms with Crippen LogP contribution in [-0.2, 0) is 4.79 Å². The van der Waals surface area contributed by atoms with Gasteiger partial charge in [-0.05, 0) is 50.7 Å². The average molecular weight is 302 g/mol. The maximum atomic E-state index is 10.5. The van der Waals surface area contributed by atoms with Gasteiger partial charge in [-0.15, -0.1) is 0 Å². The second-order valence-corrected chi connectivity index (χ2v) is 6.48. The van der Waals surface area contributed by atoms with Gasteiger partial charge in [0.15, 0.2) is 0 Å². The third kappa shape index (κ3) is 7.82. The van der Waals surface area contributed by atoms with E-state index < -0.39 is 5.97 Å². The lowest BCUT2D eigenvalue weighted by Crippen LogP contribution is -2.13. The Bertz CT molecular complexity index is 534. The van der Waals surface area contributed by atoms with Crippen LogP contribution in [0.1, 0.15) is 54.9 Å². The number of hydrogen-bond donors (Lipinski definition) is 1. The molecule has 0 aliphatic rings. The van der Waals surface area contributed by atoms with Crippen molar-refractivity contribution >= 4 is 5.97 Å². The fourth-order valence-corrected chi connectivity index (χ4v) is 2.12. The van der Waals surface area contributed by atoms with Crippen molar-refractivity contribution in [3.05, 3.63) is 58.7 Å². The van der Waals surface area contributed by atoms with E-state index in [0.29, 0.717) is 0 Å². The van der Waals surface area contributed by atoms with Gasteiger partial charge in [0.1, 0.15) is 0 Å². The largest absolute Gasteiger partial charge is 0.478 e. The van der Waals surface area contributed by atoms with Crippen LogP contribution in [0, 0.1) is 5.41 Å². The highest BCUT2D eigenvalue weighted by molar-refractivity contribution is 5.81. The zero-order chi connectivity index (χ0) is 17.3. The summed E-state index contributed by atoms with van der Waals surface area (Å²) in [4.78, 5) is 10.5. The number of carbonyl (C=O) groups is 1. The molecular weight excluding hydrogens is 272 g/mol. The van der Waals surface area contributed by atoms with Crippen LogP contribution in [0.2, 0.25) is 0 Å². The number of hydrogen-bond acceptors (Lipinski definition) is 1. The van der Waals surface area contributed by atoms with Crippen LogP contribution in [0.15, 0.2) is 58.7 Å². The van der Waals surface area contributed by atoms with Crippen molar-refractivity contribution in [2.24, 2.45) is 5.41 Å². The highest BCUT2D eigenvalue weighted by atomic mass is 16.4. The van der Waals surface area contributed by atoms with Crippen molar-refractivity contribution in [2.45, 2.75) is 54.9 Å². The quantitative estimate of drug-likeness (QED) is 0.473. The summed E-state index contributed by atoms with van der Waals surface area (Å²) >= 11 is 0. The average Bonchev–Trinajstić information content (AvgIpc) is 2.37. The van der Waals surface area contributed by atoms with E-state index in [1.54, 1.807) is 13.0 Å². The van der Waals surface area contributed by atoms with E-state index in [-0.39, 0.29) is 5.41 Å². The number of allylic oxidation sites excluding steroid dienone is 9. The summed E-state index contributed by atoms with van der Waals surface area (Å²) in [5.41, 5.74) is 4.73. The minimum Gasteiger partial charge on any atom is -0.478 e. The third-order valence-corrected chi connectivity index (χ3v) is 3.73. The highest BCUT2D eigenvalue weighted by Crippen LogP contribution is 2.33. The minimum absolute atomic E-state index is 0.173. The molecule has 2 nitrogen and oxygen atoms in total. The van der Waals surface area contributed by atoms with E-state index in [9.17, 15) is 4.79 Å². The molecule has 0 atom stereocenters. The maximum absolute atomic E-state index is 10.5. The monoisotopic (exact) mass is 302 g/mol. The van der Waals surface area contributed by atoms with Crippen molar-refractivity contribution in [3.8, 4) is 0 Å². The fourth-order valence-electron chi connectivity index (χ4n) is 2.12. The Kier molecular flexibility index (Phi) is 8.47. The van der Waals surface area contributed by atoms with Crippen molar-refractivity contribution in [1.29, 1.82) is 0 Å². The second-order valence-electron chi connectivity index (χ2n) is 6.48. The van der Waals surface area contributed by atoms with Crippen LogP contribution in [0.25, 0.3) is 0 Å². The molecule has 0 rings (SSSR count). The molecule has 0 aromatic heterocycles. The van der Waals surface area contributed by atoms with Gasteiger partial charge in [-0.25, -0.2) is 4.79 Å². The predicted octanol–water partition coefficient (Wildman–Crippen LogP) is 5.85. The lowest BCUT2D eigenvalue weighted by atomic mass is 9.79. The van der Waals surface area contributed by atoms with Crippen LogP contribution in [0.3, 0.4) is 0 Å². The Hall–Kier alpha value is -1.83. The number of carboxylic acid groups (broad SMARTS) is 1. The number of carboxylic acids is 1. The molecule has 1 N–H and O–H groups in total. The summed E-state index contributed by atoms with van der Waals surface area (Å²) in [5.74, 6) is -0.919. The maximum Gasteiger partial charge on any atom is 0.328 e. The Labute approximate surface area is 135 Å². The third-order valence-electron chi connectivity index (χ3n) is 3.73. The molecule has 0 fully saturated rings. The topological polar surface area (TPSA) is 37.3 Å². The van der Waals surface area contributed by atoms with E-state index in [0.717, 1.165) is 17.6 Å². The Morgan fingerprint density at radius 3 is 2.05 bits per heavy atom. The molecule has 0 heterocycles. The van der Waals surface area contributed by atoms with E-state index in [4.69, 9.17) is 5.11 Å². The molecule has 122 valence electrons. The van der Waals surface area contributed by atoms with Gasteiger partial charge in [0.2, 0.25) is 0 Å². The first-order valence-electron chi connectivity index (χ1n) is 7.72. The molecule has 0 spiro atoms. The van der Waals surface area contributed by atoms with E-state index in [1.807, 2.05) is 19.1 Å². The first-order valence-corrected chi connectivity index (χ1v) is 7.72. The van der Waals surface area contributed by atoms with Crippen molar-refractivity contribution in [2.75, 3.05) is 0 Å². The molecule has 0 aliphatic carbocycles. The van der Waals surface area contributed by atoms with Crippen molar-refractivity contribution in [1.82, 2.24) is 0 Å². The number of rotatable bonds is 7. The van der Waals surface area contributed by atoms with Gasteiger partial charge >= 0.3 is 5.97 Å². The van der Waals surface area contributed by atoms with Crippen LogP contribution in [0.5, 0.6) is 0 Å². The van der Waals surface area contributed by atoms with Gasteiger partial charge in [0.05, 0.1) is 0 Å². The van der Waals surface area contributed by atoms with Gasteiger partial charge in [-0.3, -0.25) is 0 Å². The molecule has 0 bridgehead atoms. The predicted molar refractivity (Wildman–Crippen MR) is 95.9 cm³/mol. The highest BCUT2D eigenvalue weighted by Gasteiger charge is 2.19. The molecule has 0 saturated carbocycles. The Morgan fingerprint density at radius 2 is 1.59 bits per heavy atom. The van der Waals surface area contributed by atoms with Gasteiger partial charge in [-0.1, -0.05) is 62.3 Å². The summed E-state index contributed by atoms with van der Waals surface area (Å²) in [6.45, 7) is 14.8. The van der Waals surface area contributed by atoms with E-state index in [2.05, 4.69) is 46.8 Å².